The van der Waals surface area contributed by atoms with Crippen LogP contribution in [0, 0.1) is 11.3 Å². The SMILES string of the molecule is COC(OC)(C(C#N)(N(C(C)C)C(C)C)C(c1ccccc1)(c1ccccc1)c1ccccc1)P(O)(O)(O)CCCn1ccc(=O)[nH]c1=O. The molecule has 0 amide bonds. The van der Waals surface area contributed by atoms with Gasteiger partial charge in [0.2, 0.25) is 0 Å². The first kappa shape index (κ1) is 37.8. The van der Waals surface area contributed by atoms with Crippen molar-refractivity contribution in [3.8, 4) is 6.07 Å². The van der Waals surface area contributed by atoms with Gasteiger partial charge in [0.25, 0.3) is 0 Å². The van der Waals surface area contributed by atoms with Gasteiger partial charge in [0.1, 0.15) is 0 Å². The molecule has 0 aliphatic heterocycles. The van der Waals surface area contributed by atoms with E-state index in [0.717, 1.165) is 0 Å². The first-order valence-corrected chi connectivity index (χ1v) is 18.5. The molecule has 49 heavy (non-hydrogen) atoms. The van der Waals surface area contributed by atoms with Gasteiger partial charge < -0.3 is 0 Å². The number of rotatable bonds is 15. The molecular weight excluding hydrogens is 643 g/mol. The normalized spacial score (nSPS) is 14.7. The molecule has 3 aromatic carbocycles. The van der Waals surface area contributed by atoms with E-state index in [-0.39, 0.29) is 13.0 Å². The van der Waals surface area contributed by atoms with Crippen LogP contribution < -0.4 is 11.2 Å². The van der Waals surface area contributed by atoms with Crippen molar-refractivity contribution >= 4 is 7.28 Å². The fraction of sp³-hybridized carbons (Fsp3) is 0.378. The molecule has 11 nitrogen and oxygen atoms in total. The molecule has 1 heterocycles. The maximum atomic E-state index is 12.6. The van der Waals surface area contributed by atoms with Gasteiger partial charge in [0, 0.05) is 0 Å². The third kappa shape index (κ3) is 6.19. The molecule has 0 aliphatic carbocycles. The van der Waals surface area contributed by atoms with Gasteiger partial charge in [0.15, 0.2) is 0 Å². The van der Waals surface area contributed by atoms with Crippen molar-refractivity contribution in [3.63, 3.8) is 0 Å². The number of nitrogens with one attached hydrogen (secondary N) is 1. The second-order valence-electron chi connectivity index (χ2n) is 12.8. The Hall–Kier alpha value is -3.98. The number of nitrogens with zero attached hydrogens (tertiary/aromatic N) is 3. The van der Waals surface area contributed by atoms with E-state index in [1.807, 2.05) is 124 Å². The zero-order valence-corrected chi connectivity index (χ0v) is 29.7. The first-order chi connectivity index (χ1) is 23.2. The fourth-order valence-electron chi connectivity index (χ4n) is 7.75. The molecular formula is C37H47N4O7P. The summed E-state index contributed by atoms with van der Waals surface area (Å²) in [6.45, 7) is 7.45. The summed E-state index contributed by atoms with van der Waals surface area (Å²) in [5.74, 6) is 0. The molecule has 1 aromatic heterocycles. The van der Waals surface area contributed by atoms with Gasteiger partial charge in [-0.05, 0) is 0 Å². The van der Waals surface area contributed by atoms with Crippen molar-refractivity contribution in [3.05, 3.63) is 141 Å². The molecule has 1 unspecified atom stereocenters. The zero-order chi connectivity index (χ0) is 36.1. The summed E-state index contributed by atoms with van der Waals surface area (Å²) in [7, 11) is -4.02. The molecule has 0 fully saturated rings. The van der Waals surface area contributed by atoms with Crippen LogP contribution in [-0.4, -0.2) is 72.7 Å². The number of H-pyrrole nitrogens is 1. The molecule has 4 rings (SSSR count). The Morgan fingerprint density at radius 3 is 1.57 bits per heavy atom. The topological polar surface area (TPSA) is 161 Å². The van der Waals surface area contributed by atoms with Gasteiger partial charge in [0.05, 0.1) is 0 Å². The van der Waals surface area contributed by atoms with E-state index in [9.17, 15) is 29.5 Å². The number of methoxy groups -OCH3 is 2. The molecule has 12 heteroatoms. The molecule has 0 spiro atoms. The van der Waals surface area contributed by atoms with E-state index >= 15 is 0 Å². The van der Waals surface area contributed by atoms with E-state index in [4.69, 9.17) is 9.47 Å². The van der Waals surface area contributed by atoms with Gasteiger partial charge in [-0.1, -0.05) is 0 Å². The zero-order valence-electron chi connectivity index (χ0n) is 28.9. The van der Waals surface area contributed by atoms with E-state index in [0.29, 0.717) is 16.7 Å². The molecule has 1 atom stereocenters. The van der Waals surface area contributed by atoms with Crippen molar-refractivity contribution in [1.82, 2.24) is 14.5 Å². The number of ether oxygens (including phenoxy) is 2. The van der Waals surface area contributed by atoms with Crippen LogP contribution in [0.15, 0.2) is 113 Å². The van der Waals surface area contributed by atoms with Crippen LogP contribution in [0.4, 0.5) is 0 Å². The van der Waals surface area contributed by atoms with E-state index in [2.05, 4.69) is 11.1 Å². The van der Waals surface area contributed by atoms with Crippen molar-refractivity contribution in [1.29, 1.82) is 5.26 Å². The maximum absolute atomic E-state index is 12.6. The summed E-state index contributed by atoms with van der Waals surface area (Å²) < 4.78 is 13.6. The molecule has 262 valence electrons. The summed E-state index contributed by atoms with van der Waals surface area (Å²) in [5.41, 5.74) is -6.20. The molecule has 0 saturated heterocycles. The number of hydrogen-bond acceptors (Lipinski definition) is 9. The Balaban J connectivity index is 2.22. The molecule has 0 bridgehead atoms. The molecule has 4 N–H and O–H groups in total. The Bertz CT molecular complexity index is 1740. The third-order valence-corrected chi connectivity index (χ3v) is 12.3. The van der Waals surface area contributed by atoms with E-state index in [1.165, 1.54) is 31.0 Å². The van der Waals surface area contributed by atoms with Crippen LogP contribution in [0.5, 0.6) is 0 Å². The summed E-state index contributed by atoms with van der Waals surface area (Å²) in [6, 6.07) is 30.6. The summed E-state index contributed by atoms with van der Waals surface area (Å²) >= 11 is 0. The number of nitriles is 1. The van der Waals surface area contributed by atoms with Gasteiger partial charge in [-0.3, -0.25) is 0 Å². The molecule has 0 radical (unpaired) electrons. The average molecular weight is 691 g/mol. The summed E-state index contributed by atoms with van der Waals surface area (Å²) in [4.78, 5) is 66.0. The van der Waals surface area contributed by atoms with Crippen molar-refractivity contribution in [2.45, 2.75) is 69.2 Å². The van der Waals surface area contributed by atoms with Crippen LogP contribution in [-0.2, 0) is 21.4 Å². The minimum atomic E-state index is -6.40. The Morgan fingerprint density at radius 1 is 0.796 bits per heavy atom. The Kier molecular flexibility index (Phi) is 11.2. The van der Waals surface area contributed by atoms with Crippen LogP contribution in [0.2, 0.25) is 0 Å². The number of benzene rings is 3. The van der Waals surface area contributed by atoms with Gasteiger partial charge >= 0.3 is 288 Å². The summed E-state index contributed by atoms with van der Waals surface area (Å²) in [6.07, 6.45) is 0.397. The number of aromatic nitrogens is 2. The van der Waals surface area contributed by atoms with Crippen molar-refractivity contribution < 1.29 is 24.2 Å². The Morgan fingerprint density at radius 2 is 1.22 bits per heavy atom. The predicted molar refractivity (Wildman–Crippen MR) is 191 cm³/mol. The van der Waals surface area contributed by atoms with Crippen molar-refractivity contribution in [2.75, 3.05) is 20.4 Å². The third-order valence-electron chi connectivity index (χ3n) is 9.30. The quantitative estimate of drug-likeness (QED) is 0.0796. The van der Waals surface area contributed by atoms with Crippen LogP contribution in [0.3, 0.4) is 0 Å². The molecule has 0 saturated carbocycles. The van der Waals surface area contributed by atoms with Crippen LogP contribution in [0.1, 0.15) is 50.8 Å². The van der Waals surface area contributed by atoms with Crippen molar-refractivity contribution in [2.24, 2.45) is 0 Å². The fourth-order valence-corrected chi connectivity index (χ4v) is 10.5. The number of hydrogen-bond donors (Lipinski definition) is 4. The van der Waals surface area contributed by atoms with Gasteiger partial charge in [-0.2, -0.15) is 0 Å². The number of aromatic amines is 1. The minimum absolute atomic E-state index is 0.0997. The monoisotopic (exact) mass is 690 g/mol. The van der Waals surface area contributed by atoms with Crippen LogP contribution in [0.25, 0.3) is 0 Å². The number of aryl methyl sites for hydroxylation is 1. The first-order valence-electron chi connectivity index (χ1n) is 16.2. The molecule has 4 aromatic rings. The van der Waals surface area contributed by atoms with Crippen LogP contribution >= 0.6 is 7.28 Å². The van der Waals surface area contributed by atoms with Gasteiger partial charge in [-0.15, -0.1) is 0 Å². The Labute approximate surface area is 287 Å². The summed E-state index contributed by atoms with van der Waals surface area (Å²) in [5, 5.41) is 12.1. The molecule has 0 aliphatic rings. The standard InChI is InChI=1S/C37H47N4O7P/c1-28(2)41(29(3)4)35(27-38,37(47-5,48-6)49(44,45,46)26-16-24-40-25-23-33(42)39-34(40)43)36(30-17-10-7-11-18-30,31-19-12-8-13-20-31)32-21-14-9-15-22-32/h7-15,17-23,25,28-29,44-46H,16,24,26H2,1-6H3,(H,39,42,43). The average Bonchev–Trinajstić information content (AvgIpc) is 3.07. The van der Waals surface area contributed by atoms with E-state index in [1.54, 1.807) is 0 Å². The second kappa shape index (κ2) is 14.5. The second-order valence-corrected chi connectivity index (χ2v) is 16.1. The van der Waals surface area contributed by atoms with Gasteiger partial charge in [-0.25, -0.2) is 0 Å². The predicted octanol–water partition coefficient (Wildman–Crippen LogP) is 4.56. The van der Waals surface area contributed by atoms with E-state index < -0.39 is 53.3 Å².